The van der Waals surface area contributed by atoms with Crippen LogP contribution in [0.3, 0.4) is 0 Å². The quantitative estimate of drug-likeness (QED) is 0.149. The summed E-state index contributed by atoms with van der Waals surface area (Å²) in [7, 11) is 0. The van der Waals surface area contributed by atoms with Gasteiger partial charge in [-0.15, -0.1) is 0 Å². The van der Waals surface area contributed by atoms with Gasteiger partial charge in [-0.25, -0.2) is 0 Å². The molecule has 4 fully saturated rings. The van der Waals surface area contributed by atoms with E-state index in [0.29, 0.717) is 62.3 Å². The van der Waals surface area contributed by atoms with Crippen molar-refractivity contribution in [3.63, 3.8) is 0 Å². The van der Waals surface area contributed by atoms with Gasteiger partial charge in [0.2, 0.25) is 0 Å². The molecule has 0 unspecified atom stereocenters. The Balaban J connectivity index is 0.970. The highest BCUT2D eigenvalue weighted by molar-refractivity contribution is 6.98. The van der Waals surface area contributed by atoms with Crippen molar-refractivity contribution in [3.05, 3.63) is 199 Å². The highest BCUT2D eigenvalue weighted by Gasteiger charge is 2.52. The van der Waals surface area contributed by atoms with Crippen molar-refractivity contribution >= 4 is 78.8 Å². The Morgan fingerprint density at radius 1 is 0.415 bits per heavy atom. The zero-order valence-electron chi connectivity index (χ0n) is 54.7. The largest absolute Gasteiger partial charge is 0.458 e. The SMILES string of the molecule is [2H]c1c([2H])c([2H])c(N(c2ccc3cc4c(cc3c2)Oc2cc(C35CC6CC(CC(C6)C3)C5)cc3c2B4c2cc4ccc(N(c5c([2H])c([2H])c([2H])c([2H])c5[2H])c5c([2H])c([2H])c([2H])c([2H])c5[2H])cc4cc2O3)c2c([2H])c([2H])c([2H])c([2H])c2[2H])c([2H])c1[2H]. The Bertz CT molecular complexity index is 3990. The van der Waals surface area contributed by atoms with Crippen molar-refractivity contribution in [1.82, 2.24) is 0 Å². The molecule has 4 aliphatic carbocycles. The minimum absolute atomic E-state index is 0.119. The smallest absolute Gasteiger partial charge is 0.260 e. The van der Waals surface area contributed by atoms with Gasteiger partial charge in [-0.2, -0.15) is 0 Å². The van der Waals surface area contributed by atoms with Gasteiger partial charge in [0.25, 0.3) is 6.71 Å². The van der Waals surface area contributed by atoms with Gasteiger partial charge in [-0.05, 0) is 197 Å². The second-order valence-corrected chi connectivity index (χ2v) is 18.1. The Morgan fingerprint density at radius 2 is 0.800 bits per heavy atom. The molecule has 0 atom stereocenters. The van der Waals surface area contributed by atoms with E-state index in [0.717, 1.165) is 51.0 Å². The van der Waals surface area contributed by atoms with Gasteiger partial charge < -0.3 is 19.3 Å². The Morgan fingerprint density at radius 3 is 1.18 bits per heavy atom. The highest BCUT2D eigenvalue weighted by Crippen LogP contribution is 2.61. The van der Waals surface area contributed by atoms with Crippen molar-refractivity contribution in [2.75, 3.05) is 9.80 Å². The summed E-state index contributed by atoms with van der Waals surface area (Å²) < 4.78 is 189. The normalized spacial score (nSPS) is 25.0. The first-order chi connectivity index (χ1) is 40.4. The molecule has 2 heterocycles. The monoisotopic (exact) mass is 858 g/mol. The third-order valence-corrected chi connectivity index (χ3v) is 14.4. The summed E-state index contributed by atoms with van der Waals surface area (Å²) in [4.78, 5) is 2.25. The molecule has 6 aliphatic rings. The molecule has 0 spiro atoms. The van der Waals surface area contributed by atoms with Crippen LogP contribution in [-0.2, 0) is 5.41 Å². The molecule has 65 heavy (non-hydrogen) atoms. The van der Waals surface area contributed by atoms with Gasteiger partial charge in [-0.1, -0.05) is 96.8 Å². The van der Waals surface area contributed by atoms with Crippen LogP contribution in [0.4, 0.5) is 34.1 Å². The van der Waals surface area contributed by atoms with E-state index in [2.05, 4.69) is 12.1 Å². The van der Waals surface area contributed by atoms with E-state index in [4.69, 9.17) is 36.9 Å². The predicted molar refractivity (Wildman–Crippen MR) is 268 cm³/mol. The van der Waals surface area contributed by atoms with Crippen LogP contribution < -0.4 is 35.7 Å². The molecule has 4 nitrogen and oxygen atoms in total. The predicted octanol–water partition coefficient (Wildman–Crippen LogP) is 14.1. The lowest BCUT2D eigenvalue weighted by molar-refractivity contribution is -0.00531. The van der Waals surface area contributed by atoms with Crippen molar-refractivity contribution in [2.45, 2.75) is 43.9 Å². The maximum Gasteiger partial charge on any atom is 0.260 e. The highest BCUT2D eigenvalue weighted by atomic mass is 16.5. The summed E-state index contributed by atoms with van der Waals surface area (Å²) in [6.07, 6.45) is 6.74. The second-order valence-electron chi connectivity index (χ2n) is 18.1. The third kappa shape index (κ3) is 6.05. The number of fused-ring (bicyclic) bond motifs is 6. The fraction of sp³-hybridized carbons (Fsp3) is 0.167. The van der Waals surface area contributed by atoms with Gasteiger partial charge in [0, 0.05) is 39.6 Å². The summed E-state index contributed by atoms with van der Waals surface area (Å²) in [5.41, 5.74) is 1.84. The number of benzene rings is 9. The van der Waals surface area contributed by atoms with E-state index in [9.17, 15) is 0 Å². The zero-order valence-corrected chi connectivity index (χ0v) is 34.7. The molecule has 2 aliphatic heterocycles. The van der Waals surface area contributed by atoms with Crippen LogP contribution in [0.1, 0.15) is 71.5 Å². The van der Waals surface area contributed by atoms with E-state index < -0.39 is 150 Å². The third-order valence-electron chi connectivity index (χ3n) is 14.4. The number of anilines is 6. The lowest BCUT2D eigenvalue weighted by atomic mass is 9.34. The topological polar surface area (TPSA) is 24.9 Å². The van der Waals surface area contributed by atoms with Crippen LogP contribution in [0.2, 0.25) is 0 Å². The van der Waals surface area contributed by atoms with Crippen LogP contribution >= 0.6 is 0 Å². The second kappa shape index (κ2) is 14.4. The van der Waals surface area contributed by atoms with E-state index in [1.165, 1.54) is 19.3 Å². The molecule has 0 radical (unpaired) electrons. The summed E-state index contributed by atoms with van der Waals surface area (Å²) in [6.45, 7) is -0.515. The fourth-order valence-electron chi connectivity index (χ4n) is 12.2. The van der Waals surface area contributed by atoms with Crippen LogP contribution in [0.15, 0.2) is 194 Å². The van der Waals surface area contributed by atoms with E-state index in [1.54, 1.807) is 36.4 Å². The van der Waals surface area contributed by atoms with Gasteiger partial charge in [0.15, 0.2) is 0 Å². The molecule has 9 aromatic rings. The molecular formula is C60H47BN2O2. The fourth-order valence-corrected chi connectivity index (χ4v) is 12.2. The van der Waals surface area contributed by atoms with Gasteiger partial charge in [0.1, 0.15) is 23.0 Å². The van der Waals surface area contributed by atoms with Gasteiger partial charge >= 0.3 is 0 Å². The molecule has 0 saturated heterocycles. The van der Waals surface area contributed by atoms with Crippen LogP contribution in [-0.4, -0.2) is 6.71 Å². The van der Waals surface area contributed by atoms with E-state index in [1.807, 2.05) is 24.3 Å². The number of ether oxygens (including phenoxy) is 2. The lowest BCUT2D eigenvalue weighted by Crippen LogP contribution is -2.57. The van der Waals surface area contributed by atoms with Crippen LogP contribution in [0.25, 0.3) is 21.5 Å². The molecule has 0 N–H and O–H groups in total. The average molecular weight is 859 g/mol. The number of rotatable bonds is 7. The van der Waals surface area contributed by atoms with Gasteiger partial charge in [0.05, 0.1) is 27.4 Å². The lowest BCUT2D eigenvalue weighted by Gasteiger charge is -2.57. The Hall–Kier alpha value is -7.24. The molecule has 15 rings (SSSR count). The van der Waals surface area contributed by atoms with Gasteiger partial charge in [-0.3, -0.25) is 0 Å². The molecule has 0 aromatic heterocycles. The van der Waals surface area contributed by atoms with Crippen LogP contribution in [0, 0.1) is 17.8 Å². The van der Waals surface area contributed by atoms with Crippen molar-refractivity contribution in [3.8, 4) is 23.0 Å². The number of para-hydroxylation sites is 4. The summed E-state index contributed by atoms with van der Waals surface area (Å²) in [6, 6.07) is 8.54. The maximum absolute atomic E-state index is 9.04. The first kappa shape index (κ1) is 22.6. The van der Waals surface area contributed by atoms with Crippen LogP contribution in [0.5, 0.6) is 23.0 Å². The Kier molecular flexibility index (Phi) is 5.00. The summed E-state index contributed by atoms with van der Waals surface area (Å²) in [5, 5.41) is 2.43. The molecule has 9 aromatic carbocycles. The average Bonchev–Trinajstić information content (AvgIpc) is 0.983. The maximum atomic E-state index is 9.04. The van der Waals surface area contributed by atoms with Crippen molar-refractivity contribution in [1.29, 1.82) is 0 Å². The number of hydrogen-bond acceptors (Lipinski definition) is 4. The molecule has 4 bridgehead atoms. The summed E-state index contributed by atoms with van der Waals surface area (Å²) in [5.74, 6) is 3.91. The number of hydrogen-bond donors (Lipinski definition) is 0. The minimum atomic E-state index is -0.684. The molecular weight excluding hydrogens is 791 g/mol. The summed E-state index contributed by atoms with van der Waals surface area (Å²) >= 11 is 0. The minimum Gasteiger partial charge on any atom is -0.458 e. The van der Waals surface area contributed by atoms with E-state index >= 15 is 0 Å². The number of nitrogens with zero attached hydrogens (tertiary/aromatic N) is 2. The van der Waals surface area contributed by atoms with Crippen molar-refractivity contribution in [2.24, 2.45) is 17.8 Å². The van der Waals surface area contributed by atoms with Crippen molar-refractivity contribution < 1.29 is 36.9 Å². The molecule has 5 heteroatoms. The molecule has 4 saturated carbocycles. The first-order valence-corrected chi connectivity index (χ1v) is 21.9. The first-order valence-electron chi connectivity index (χ1n) is 31.9. The standard InChI is InChI=1S/C60H47BN2O2/c1-5-13-47(14-6-1)62(48-15-7-2-8-16-48)51-23-21-42-30-53-55(32-44(42)28-51)64-57-34-46(60-36-39-25-40(37-60)27-41(26-39)38-60)35-58-59(57)61(53)54-31-43-22-24-52(29-45(43)33-56(54)65-58)63(49-17-9-3-10-18-49)50-19-11-4-12-20-50/h1-24,28-35,39-41H,25-27,36-38H2/i1D,2D,3D,4D,5D,6D,7D,8D,9D,10D,11D,12D,13D,14D,15D,16D,17D,18D,19D,20D. The van der Waals surface area contributed by atoms with E-state index in [-0.39, 0.29) is 16.8 Å². The molecule has 312 valence electrons. The zero-order chi connectivity index (χ0) is 60.0. The Labute approximate surface area is 408 Å². The molecule has 0 amide bonds.